The maximum Gasteiger partial charge on any atom is 0.116 e. The minimum atomic E-state index is -0.0891. The summed E-state index contributed by atoms with van der Waals surface area (Å²) in [4.78, 5) is 0. The van der Waals surface area contributed by atoms with Gasteiger partial charge in [-0.2, -0.15) is 0 Å². The van der Waals surface area contributed by atoms with E-state index in [2.05, 4.69) is 101 Å². The normalized spacial score (nSPS) is 13.7. The maximum absolute atomic E-state index is 10.7. The Kier molecular flexibility index (Phi) is 5.83. The van der Waals surface area contributed by atoms with E-state index in [4.69, 9.17) is 0 Å². The van der Waals surface area contributed by atoms with Crippen LogP contribution in [-0.2, 0) is 21.7 Å². The van der Waals surface area contributed by atoms with Gasteiger partial charge in [0.1, 0.15) is 5.75 Å². The SMILES string of the molecule is CC(C)(C)c1cccc(C(C)(C)C)c1-c1c(C(C)(C)C)cc(O)cc1C(C)(C)C. The lowest BCUT2D eigenvalue weighted by molar-refractivity contribution is 0.466. The van der Waals surface area contributed by atoms with Gasteiger partial charge in [-0.05, 0) is 67.2 Å². The molecule has 0 aromatic heterocycles. The van der Waals surface area contributed by atoms with Gasteiger partial charge in [0, 0.05) is 0 Å². The monoisotopic (exact) mass is 394 g/mol. The number of benzene rings is 2. The lowest BCUT2D eigenvalue weighted by Gasteiger charge is -2.36. The molecule has 160 valence electrons. The largest absolute Gasteiger partial charge is 0.508 e. The third-order valence-electron chi connectivity index (χ3n) is 5.67. The van der Waals surface area contributed by atoms with Crippen molar-refractivity contribution in [1.29, 1.82) is 0 Å². The minimum Gasteiger partial charge on any atom is -0.508 e. The Morgan fingerprint density at radius 1 is 0.483 bits per heavy atom. The molecule has 1 nitrogen and oxygen atoms in total. The Hall–Kier alpha value is -1.76. The fourth-order valence-corrected chi connectivity index (χ4v) is 4.15. The van der Waals surface area contributed by atoms with Crippen LogP contribution in [0.15, 0.2) is 30.3 Å². The number of rotatable bonds is 1. The van der Waals surface area contributed by atoms with E-state index in [1.807, 2.05) is 12.1 Å². The molecule has 0 amide bonds. The molecule has 29 heavy (non-hydrogen) atoms. The van der Waals surface area contributed by atoms with Crippen LogP contribution in [0.1, 0.15) is 105 Å². The van der Waals surface area contributed by atoms with Gasteiger partial charge in [-0.15, -0.1) is 0 Å². The van der Waals surface area contributed by atoms with Crippen LogP contribution in [-0.4, -0.2) is 5.11 Å². The smallest absolute Gasteiger partial charge is 0.116 e. The van der Waals surface area contributed by atoms with Gasteiger partial charge in [0.05, 0.1) is 0 Å². The minimum absolute atomic E-state index is 0.0127. The summed E-state index contributed by atoms with van der Waals surface area (Å²) >= 11 is 0. The molecule has 0 fully saturated rings. The molecular formula is C28H42O. The molecule has 0 saturated carbocycles. The Bertz CT molecular complexity index is 821. The van der Waals surface area contributed by atoms with Crippen LogP contribution in [0, 0.1) is 0 Å². The third kappa shape index (κ3) is 4.87. The van der Waals surface area contributed by atoms with Gasteiger partial charge in [0.2, 0.25) is 0 Å². The van der Waals surface area contributed by atoms with E-state index in [1.54, 1.807) is 0 Å². The molecule has 0 radical (unpaired) electrons. The zero-order chi connectivity index (χ0) is 22.6. The van der Waals surface area contributed by atoms with Crippen molar-refractivity contribution in [2.24, 2.45) is 0 Å². The number of aromatic hydroxyl groups is 1. The summed E-state index contributed by atoms with van der Waals surface area (Å²) in [6.45, 7) is 27.3. The average Bonchev–Trinajstić information content (AvgIpc) is 2.50. The molecule has 0 aliphatic rings. The number of hydrogen-bond donors (Lipinski definition) is 1. The zero-order valence-corrected chi connectivity index (χ0v) is 20.8. The summed E-state index contributed by atoms with van der Waals surface area (Å²) in [6, 6.07) is 10.7. The van der Waals surface area contributed by atoms with Crippen LogP contribution in [0.5, 0.6) is 5.75 Å². The first kappa shape index (κ1) is 23.5. The molecule has 0 saturated heterocycles. The van der Waals surface area contributed by atoms with Crippen molar-refractivity contribution in [3.8, 4) is 16.9 Å². The molecule has 0 atom stereocenters. The van der Waals surface area contributed by atoms with E-state index in [0.29, 0.717) is 5.75 Å². The van der Waals surface area contributed by atoms with Crippen molar-refractivity contribution in [1.82, 2.24) is 0 Å². The van der Waals surface area contributed by atoms with E-state index in [1.165, 1.54) is 33.4 Å². The van der Waals surface area contributed by atoms with Gasteiger partial charge in [-0.1, -0.05) is 101 Å². The van der Waals surface area contributed by atoms with Gasteiger partial charge in [0.25, 0.3) is 0 Å². The van der Waals surface area contributed by atoms with Crippen LogP contribution >= 0.6 is 0 Å². The molecule has 0 bridgehead atoms. The maximum atomic E-state index is 10.7. The molecule has 0 unspecified atom stereocenters. The first-order valence-corrected chi connectivity index (χ1v) is 10.9. The van der Waals surface area contributed by atoms with E-state index in [9.17, 15) is 5.11 Å². The van der Waals surface area contributed by atoms with Crippen LogP contribution in [0.2, 0.25) is 0 Å². The Morgan fingerprint density at radius 3 is 1.03 bits per heavy atom. The summed E-state index contributed by atoms with van der Waals surface area (Å²) in [5.74, 6) is 0.356. The van der Waals surface area contributed by atoms with Crippen molar-refractivity contribution in [3.05, 3.63) is 52.6 Å². The summed E-state index contributed by atoms with van der Waals surface area (Å²) in [5, 5.41) is 10.7. The molecule has 2 aromatic rings. The van der Waals surface area contributed by atoms with E-state index < -0.39 is 0 Å². The Balaban J connectivity index is 3.21. The molecule has 1 N–H and O–H groups in total. The van der Waals surface area contributed by atoms with Crippen LogP contribution in [0.3, 0.4) is 0 Å². The summed E-state index contributed by atoms with van der Waals surface area (Å²) in [7, 11) is 0. The van der Waals surface area contributed by atoms with Crippen molar-refractivity contribution in [2.45, 2.75) is 105 Å². The summed E-state index contributed by atoms with van der Waals surface area (Å²) in [6.07, 6.45) is 0. The summed E-state index contributed by atoms with van der Waals surface area (Å²) < 4.78 is 0. The second kappa shape index (κ2) is 7.18. The fourth-order valence-electron chi connectivity index (χ4n) is 4.15. The second-order valence-electron chi connectivity index (χ2n) is 12.6. The molecule has 0 aliphatic heterocycles. The zero-order valence-electron chi connectivity index (χ0n) is 20.8. The molecule has 0 spiro atoms. The lowest BCUT2D eigenvalue weighted by Crippen LogP contribution is -2.24. The average molecular weight is 395 g/mol. The van der Waals surface area contributed by atoms with Gasteiger partial charge in [0.15, 0.2) is 0 Å². The van der Waals surface area contributed by atoms with Gasteiger partial charge in [-0.3, -0.25) is 0 Å². The number of phenolic OH excluding ortho intramolecular Hbond substituents is 1. The molecule has 0 aliphatic carbocycles. The van der Waals surface area contributed by atoms with Gasteiger partial charge in [-0.25, -0.2) is 0 Å². The van der Waals surface area contributed by atoms with Crippen LogP contribution in [0.4, 0.5) is 0 Å². The Labute approximate surface area is 179 Å². The van der Waals surface area contributed by atoms with Crippen LogP contribution < -0.4 is 0 Å². The molecule has 2 rings (SSSR count). The highest BCUT2D eigenvalue weighted by molar-refractivity contribution is 5.81. The van der Waals surface area contributed by atoms with Gasteiger partial charge < -0.3 is 5.11 Å². The topological polar surface area (TPSA) is 20.2 Å². The number of phenols is 1. The Morgan fingerprint density at radius 2 is 0.759 bits per heavy atom. The van der Waals surface area contributed by atoms with Crippen LogP contribution in [0.25, 0.3) is 11.1 Å². The van der Waals surface area contributed by atoms with Crippen molar-refractivity contribution < 1.29 is 5.11 Å². The molecular weight excluding hydrogens is 352 g/mol. The van der Waals surface area contributed by atoms with E-state index in [0.717, 1.165) is 0 Å². The standard InChI is InChI=1S/C28H42O/c1-25(2,3)19-14-13-15-20(26(4,5)6)23(19)24-21(27(7,8)9)16-18(29)17-22(24)28(10,11)12/h13-17,29H,1-12H3. The highest BCUT2D eigenvalue weighted by atomic mass is 16.3. The van der Waals surface area contributed by atoms with E-state index >= 15 is 0 Å². The van der Waals surface area contributed by atoms with E-state index in [-0.39, 0.29) is 21.7 Å². The predicted molar refractivity (Wildman–Crippen MR) is 128 cm³/mol. The fraction of sp³-hybridized carbons (Fsp3) is 0.571. The third-order valence-corrected chi connectivity index (χ3v) is 5.67. The van der Waals surface area contributed by atoms with Crippen molar-refractivity contribution in [2.75, 3.05) is 0 Å². The molecule has 0 heterocycles. The van der Waals surface area contributed by atoms with Gasteiger partial charge >= 0.3 is 0 Å². The highest BCUT2D eigenvalue weighted by Gasteiger charge is 2.33. The summed E-state index contributed by atoms with van der Waals surface area (Å²) in [5.41, 5.74) is 7.66. The first-order chi connectivity index (χ1) is 12.8. The highest BCUT2D eigenvalue weighted by Crippen LogP contribution is 2.48. The van der Waals surface area contributed by atoms with Crippen molar-refractivity contribution >= 4 is 0 Å². The quantitative estimate of drug-likeness (QED) is 0.516. The predicted octanol–water partition coefficient (Wildman–Crippen LogP) is 8.25. The molecule has 1 heteroatoms. The lowest BCUT2D eigenvalue weighted by atomic mass is 9.68. The molecule has 2 aromatic carbocycles. The van der Waals surface area contributed by atoms with Crippen molar-refractivity contribution in [3.63, 3.8) is 0 Å². The second-order valence-corrected chi connectivity index (χ2v) is 12.6. The first-order valence-electron chi connectivity index (χ1n) is 10.9. The number of hydrogen-bond acceptors (Lipinski definition) is 1.